The van der Waals surface area contributed by atoms with E-state index in [0.29, 0.717) is 42.4 Å². The maximum atomic E-state index is 12.8. The smallest absolute Gasteiger partial charge is 0.726 e. The van der Waals surface area contributed by atoms with Crippen molar-refractivity contribution < 1.29 is 496 Å². The van der Waals surface area contributed by atoms with E-state index < -0.39 is 227 Å². The second-order valence-electron chi connectivity index (χ2n) is 25.9. The van der Waals surface area contributed by atoms with Crippen molar-refractivity contribution in [2.75, 3.05) is 19.8 Å². The van der Waals surface area contributed by atoms with Gasteiger partial charge in [0.05, 0.1) is 25.9 Å². The number of hydrogen-bond acceptors (Lipinski definition) is 46. The third-order valence-electron chi connectivity index (χ3n) is 19.2. The molecular weight excluding hydrogens is 1830 g/mol. The number of rotatable bonds is 34. The largest absolute Gasteiger partial charge is 1.00 e. The summed E-state index contributed by atoms with van der Waals surface area (Å²) in [6, 6.07) is 0. The molecule has 0 radical (unpaired) electrons. The molecule has 0 bridgehead atoms. The average Bonchev–Trinajstić information content (AvgIpc) is 1.68. The Hall–Kier alpha value is 8.46. The Balaban J connectivity index is -0.00000572. The molecule has 3 saturated heterocycles. The maximum absolute atomic E-state index is 12.8. The summed E-state index contributed by atoms with van der Waals surface area (Å²) in [6.45, 7) is 4.61. The van der Waals surface area contributed by atoms with Crippen molar-refractivity contribution in [3.8, 4) is 0 Å². The van der Waals surface area contributed by atoms with Gasteiger partial charge >= 0.3 is 296 Å². The molecular formula is C45H68Na10O46S10. The van der Waals surface area contributed by atoms with Crippen LogP contribution in [-0.4, -0.2) is 248 Å². The number of fused-ring (bicyclic) bond motifs is 5. The Morgan fingerprint density at radius 3 is 0.991 bits per heavy atom. The molecule has 594 valence electrons. The van der Waals surface area contributed by atoms with Crippen molar-refractivity contribution in [1.82, 2.24) is 0 Å². The van der Waals surface area contributed by atoms with E-state index in [1.54, 1.807) is 0 Å². The van der Waals surface area contributed by atoms with Crippen LogP contribution in [0.5, 0.6) is 0 Å². The van der Waals surface area contributed by atoms with Crippen LogP contribution in [0.1, 0.15) is 112 Å². The summed E-state index contributed by atoms with van der Waals surface area (Å²) in [5, 5.41) is 0. The van der Waals surface area contributed by atoms with Gasteiger partial charge in [-0.25, -0.2) is 84.2 Å². The van der Waals surface area contributed by atoms with Gasteiger partial charge in [0.1, 0.15) is 54.9 Å². The molecule has 4 saturated carbocycles. The Bertz CT molecular complexity index is 4130. The second kappa shape index (κ2) is 50.2. The first kappa shape index (κ1) is 126. The van der Waals surface area contributed by atoms with E-state index >= 15 is 0 Å². The Morgan fingerprint density at radius 1 is 0.342 bits per heavy atom. The summed E-state index contributed by atoms with van der Waals surface area (Å²) >= 11 is 0. The monoisotopic (exact) mass is 1890 g/mol. The van der Waals surface area contributed by atoms with Gasteiger partial charge < -0.3 is 73.9 Å². The van der Waals surface area contributed by atoms with E-state index in [9.17, 15) is 130 Å². The molecule has 3 heterocycles. The van der Waals surface area contributed by atoms with E-state index in [0.717, 1.165) is 51.4 Å². The first-order valence-electron chi connectivity index (χ1n) is 29.9. The molecule has 4 aliphatic carbocycles. The summed E-state index contributed by atoms with van der Waals surface area (Å²) in [4.78, 5) is 0. The number of hydrogen-bond donors (Lipinski definition) is 0. The summed E-state index contributed by atoms with van der Waals surface area (Å²) in [6.07, 6.45) is -44.0. The van der Waals surface area contributed by atoms with Crippen LogP contribution in [-0.2, 0) is 174 Å². The normalized spacial score (nSPS) is 34.4. The molecule has 3 aliphatic heterocycles. The minimum Gasteiger partial charge on any atom is -0.726 e. The van der Waals surface area contributed by atoms with Crippen molar-refractivity contribution in [3.05, 3.63) is 0 Å². The molecule has 0 aromatic rings. The topological polar surface area (TPSA) is 720 Å². The zero-order valence-electron chi connectivity index (χ0n) is 62.7. The Labute approximate surface area is 866 Å². The van der Waals surface area contributed by atoms with Crippen LogP contribution in [0, 0.1) is 52.3 Å². The predicted molar refractivity (Wildman–Crippen MR) is 303 cm³/mol. The summed E-state index contributed by atoms with van der Waals surface area (Å²) < 4.78 is 444. The molecule has 46 nitrogen and oxygen atoms in total. The predicted octanol–water partition coefficient (Wildman–Crippen LogP) is -34.2. The van der Waals surface area contributed by atoms with E-state index in [2.05, 4.69) is 76.4 Å². The van der Waals surface area contributed by atoms with Crippen LogP contribution < -0.4 is 296 Å². The third-order valence-corrected chi connectivity index (χ3v) is 23.7. The van der Waals surface area contributed by atoms with Crippen LogP contribution in [0.3, 0.4) is 0 Å². The SMILES string of the molecule is CC(C)CCC[C@@H](C)[C@H]1CC[C@H]2[C@@H]3CC[C@H]4C[C@@H](O[C@@H]5O[C@H](COS(=O)(=O)[O-])[C@@H](O[C@@H]6O[C@H](COS(=O)(=O)[O-])[C@@H](O[C@@H]7O[C@H](COS(=O)(=O)[O-])[C@@H](OS(=O)(=O)[O-])[C@H](OS(=O)(=O)[O-])[C@H]7OS(=O)(=O)[O-])[C@H](OS(=O)(=O)[O-])[C@H]6OS(=O)(=O)[O-])[C@H](OS(=O)(=O)[O-])[C@H]5OS(=O)(=O)[O-])CC[C@]4(C)[C@H]3CC[C@]12C.[Na+].[Na+].[Na+].[Na+].[Na+].[Na+].[Na+].[Na+].[Na+].[Na+]. The van der Waals surface area contributed by atoms with Crippen LogP contribution in [0.15, 0.2) is 0 Å². The fourth-order valence-electron chi connectivity index (χ4n) is 15.7. The van der Waals surface area contributed by atoms with Crippen molar-refractivity contribution in [2.24, 2.45) is 52.3 Å². The van der Waals surface area contributed by atoms with Gasteiger partial charge in [-0.3, -0.25) is 41.8 Å². The third kappa shape index (κ3) is 39.6. The van der Waals surface area contributed by atoms with Crippen molar-refractivity contribution >= 4 is 104 Å². The van der Waals surface area contributed by atoms with Gasteiger partial charge in [0, 0.05) is 0 Å². The van der Waals surface area contributed by atoms with Crippen LogP contribution in [0.2, 0.25) is 0 Å². The first-order chi connectivity index (χ1) is 45.7. The quantitative estimate of drug-likeness (QED) is 0.0250. The summed E-state index contributed by atoms with van der Waals surface area (Å²) in [5.41, 5.74) is -0.351. The van der Waals surface area contributed by atoms with Gasteiger partial charge in [0.25, 0.3) is 0 Å². The molecule has 0 spiro atoms. The van der Waals surface area contributed by atoms with E-state index in [1.165, 1.54) is 0 Å². The summed E-state index contributed by atoms with van der Waals surface area (Å²) in [5.74, 6) is 2.13. The molecule has 0 amide bonds. The standard InChI is InChI=1S/C45H78O46S10.10Na/c1-21(2)7-6-8-22(3)26-11-12-27-25-10-9-23-17-24(13-15-44(23,4)28(25)14-16-45(26,27)5)79-41-38(89-99(67,68)69)35(86-96(58,59)60)32(29(80-41)18-76-92(46,47)48)83-42-39(90-100(70,71)72)36(87-97(61,62)63)33(30(81-42)19-77-93(49,50)51)84-43-40(91-101(73,74)75)37(88-98(64,65)66)34(85-95(55,56)57)31(82-43)20-78-94(52,53)54;;;;;;;;;;/h21-43H,6-20H2,1-5H3,(H,46,47,48)(H,49,50,51)(H,52,53,54)(H,55,56,57)(H,58,59,60)(H,61,62,63)(H,64,65,66)(H,67,68,69)(H,70,71,72)(H,73,74,75);;;;;;;;;;/q;10*+1/p-10/t22-,23+,24+,25+,26-,27+,28+,29-,30-,31-,32-,33-,34-,35+,36+,37+,38-,39-,40-,41-,42+,43+,44+,45-;;;;;;;;;;/m1........../s1. The van der Waals surface area contributed by atoms with Crippen LogP contribution in [0.4, 0.5) is 0 Å². The molecule has 111 heavy (non-hydrogen) atoms. The van der Waals surface area contributed by atoms with Gasteiger partial charge in [-0.15, -0.1) is 0 Å². The van der Waals surface area contributed by atoms with E-state index in [1.807, 2.05) is 0 Å². The minimum atomic E-state index is -6.88. The molecule has 7 aliphatic rings. The average molecular weight is 1900 g/mol. The van der Waals surface area contributed by atoms with Crippen LogP contribution >= 0.6 is 0 Å². The first-order valence-corrected chi connectivity index (χ1v) is 43.2. The van der Waals surface area contributed by atoms with Crippen molar-refractivity contribution in [3.63, 3.8) is 0 Å². The van der Waals surface area contributed by atoms with E-state index in [-0.39, 0.29) is 326 Å². The zero-order chi connectivity index (χ0) is 76.2. The van der Waals surface area contributed by atoms with Gasteiger partial charge in [-0.1, -0.05) is 53.9 Å². The Kier molecular flexibility index (Phi) is 56.9. The molecule has 66 heteroatoms. The fourth-order valence-corrected chi connectivity index (χ4v) is 20.0. The van der Waals surface area contributed by atoms with Crippen molar-refractivity contribution in [1.29, 1.82) is 0 Å². The molecule has 0 aromatic carbocycles. The Morgan fingerprint density at radius 2 is 0.649 bits per heavy atom. The van der Waals surface area contributed by atoms with Crippen molar-refractivity contribution in [2.45, 2.75) is 210 Å². The fraction of sp³-hybridized carbons (Fsp3) is 1.00. The second-order valence-corrected chi connectivity index (χ2v) is 36.1. The maximum Gasteiger partial charge on any atom is 1.00 e. The molecule has 0 N–H and O–H groups in total. The van der Waals surface area contributed by atoms with Gasteiger partial charge in [0.2, 0.25) is 104 Å². The van der Waals surface area contributed by atoms with Crippen LogP contribution in [0.25, 0.3) is 0 Å². The number of ether oxygens (including phenoxy) is 6. The van der Waals surface area contributed by atoms with E-state index in [4.69, 9.17) is 28.4 Å². The molecule has 24 atom stereocenters. The molecule has 0 unspecified atom stereocenters. The van der Waals surface area contributed by atoms with Gasteiger partial charge in [-0.05, 0) is 110 Å². The molecule has 7 rings (SSSR count). The minimum absolute atomic E-state index is 0. The van der Waals surface area contributed by atoms with Gasteiger partial charge in [0.15, 0.2) is 37.2 Å². The zero-order valence-corrected chi connectivity index (χ0v) is 90.9. The summed E-state index contributed by atoms with van der Waals surface area (Å²) in [7, 11) is -65.4. The molecule has 0 aromatic heterocycles. The van der Waals surface area contributed by atoms with Gasteiger partial charge in [-0.2, -0.15) is 0 Å². The molecule has 7 fully saturated rings.